The minimum atomic E-state index is -0.144. The van der Waals surface area contributed by atoms with Gasteiger partial charge in [0.1, 0.15) is 5.75 Å². The van der Waals surface area contributed by atoms with Crippen LogP contribution in [0.4, 0.5) is 0 Å². The van der Waals surface area contributed by atoms with E-state index < -0.39 is 0 Å². The van der Waals surface area contributed by atoms with Crippen molar-refractivity contribution >= 4 is 11.6 Å². The molecule has 0 bridgehead atoms. The van der Waals surface area contributed by atoms with Crippen LogP contribution in [0.3, 0.4) is 0 Å². The van der Waals surface area contributed by atoms with Gasteiger partial charge in [-0.3, -0.25) is 4.90 Å². The van der Waals surface area contributed by atoms with Crippen LogP contribution in [0.15, 0.2) is 12.1 Å². The zero-order chi connectivity index (χ0) is 13.2. The smallest absolute Gasteiger partial charge is 0.189 e. The maximum absolute atomic E-state index is 9.54. The Bertz CT molecular complexity index is 458. The molecule has 1 aromatic carbocycles. The van der Waals surface area contributed by atoms with Crippen molar-refractivity contribution in [1.29, 1.82) is 0 Å². The number of ether oxygens (including phenoxy) is 2. The van der Waals surface area contributed by atoms with E-state index in [-0.39, 0.29) is 6.10 Å². The van der Waals surface area contributed by atoms with Crippen LogP contribution in [0.1, 0.15) is 24.0 Å². The third kappa shape index (κ3) is 3.03. The first-order valence-electron chi connectivity index (χ1n) is 6.64. The molecule has 104 valence electrons. The van der Waals surface area contributed by atoms with E-state index >= 15 is 0 Å². The summed E-state index contributed by atoms with van der Waals surface area (Å²) in [5.41, 5.74) is 2.13. The largest absolute Gasteiger partial charge is 0.467 e. The van der Waals surface area contributed by atoms with Crippen LogP contribution in [0.25, 0.3) is 0 Å². The lowest BCUT2D eigenvalue weighted by Crippen LogP contribution is -2.35. The van der Waals surface area contributed by atoms with Crippen molar-refractivity contribution in [3.8, 4) is 5.75 Å². The maximum atomic E-state index is 9.54. The normalized spacial score (nSPS) is 20.9. The summed E-state index contributed by atoms with van der Waals surface area (Å²) in [6.07, 6.45) is 1.54. The zero-order valence-electron chi connectivity index (χ0n) is 10.8. The molecule has 0 spiro atoms. The SMILES string of the molecule is OC1CCN(Cc2cc(Cl)cc3c2OCOC3)CC1. The molecule has 0 radical (unpaired) electrons. The van der Waals surface area contributed by atoms with Crippen molar-refractivity contribution in [3.05, 3.63) is 28.3 Å². The van der Waals surface area contributed by atoms with Crippen molar-refractivity contribution in [2.24, 2.45) is 0 Å². The summed E-state index contributed by atoms with van der Waals surface area (Å²) in [7, 11) is 0. The van der Waals surface area contributed by atoms with Gasteiger partial charge in [0, 0.05) is 35.8 Å². The summed E-state index contributed by atoms with van der Waals surface area (Å²) in [6, 6.07) is 3.87. The first-order valence-corrected chi connectivity index (χ1v) is 7.02. The van der Waals surface area contributed by atoms with E-state index in [0.29, 0.717) is 13.4 Å². The molecule has 2 aliphatic heterocycles. The molecule has 5 heteroatoms. The third-order valence-corrected chi connectivity index (χ3v) is 3.92. The Kier molecular flexibility index (Phi) is 3.93. The van der Waals surface area contributed by atoms with Crippen LogP contribution in [0.5, 0.6) is 5.75 Å². The van der Waals surface area contributed by atoms with Gasteiger partial charge in [0.15, 0.2) is 6.79 Å². The number of benzene rings is 1. The van der Waals surface area contributed by atoms with Gasteiger partial charge in [-0.15, -0.1) is 0 Å². The van der Waals surface area contributed by atoms with Crippen molar-refractivity contribution in [2.75, 3.05) is 19.9 Å². The van der Waals surface area contributed by atoms with Crippen LogP contribution in [0, 0.1) is 0 Å². The Labute approximate surface area is 117 Å². The molecule has 2 heterocycles. The lowest BCUT2D eigenvalue weighted by Gasteiger charge is -2.31. The topological polar surface area (TPSA) is 41.9 Å². The molecule has 0 aromatic heterocycles. The molecule has 2 aliphatic rings. The lowest BCUT2D eigenvalue weighted by atomic mass is 10.0. The first kappa shape index (κ1) is 13.2. The number of hydrogen-bond acceptors (Lipinski definition) is 4. The molecule has 0 atom stereocenters. The molecule has 0 unspecified atom stereocenters. The molecule has 1 aromatic rings. The molecular weight excluding hydrogens is 266 g/mol. The fourth-order valence-corrected chi connectivity index (χ4v) is 2.96. The number of nitrogens with zero attached hydrogens (tertiary/aromatic N) is 1. The van der Waals surface area contributed by atoms with Crippen LogP contribution in [-0.4, -0.2) is 36.0 Å². The Morgan fingerprint density at radius 1 is 1.32 bits per heavy atom. The minimum Gasteiger partial charge on any atom is -0.467 e. The van der Waals surface area contributed by atoms with Crippen LogP contribution >= 0.6 is 11.6 Å². The van der Waals surface area contributed by atoms with E-state index in [4.69, 9.17) is 21.1 Å². The van der Waals surface area contributed by atoms with Crippen molar-refractivity contribution in [1.82, 2.24) is 4.90 Å². The minimum absolute atomic E-state index is 0.144. The second-order valence-electron chi connectivity index (χ2n) is 5.17. The van der Waals surface area contributed by atoms with E-state index in [1.165, 1.54) is 0 Å². The monoisotopic (exact) mass is 283 g/mol. The number of rotatable bonds is 2. The summed E-state index contributed by atoms with van der Waals surface area (Å²) in [5, 5.41) is 10.3. The molecule has 0 amide bonds. The highest BCUT2D eigenvalue weighted by molar-refractivity contribution is 6.30. The fourth-order valence-electron chi connectivity index (χ4n) is 2.69. The maximum Gasteiger partial charge on any atom is 0.189 e. The standard InChI is InChI=1S/C14H18ClNO3/c15-12-5-10(7-16-3-1-13(17)2-4-16)14-11(6-12)8-18-9-19-14/h5-6,13,17H,1-4,7-9H2. The van der Waals surface area contributed by atoms with Gasteiger partial charge in [0.25, 0.3) is 0 Å². The molecule has 4 nitrogen and oxygen atoms in total. The van der Waals surface area contributed by atoms with Gasteiger partial charge in [-0.2, -0.15) is 0 Å². The Morgan fingerprint density at radius 2 is 2.11 bits per heavy atom. The first-order chi connectivity index (χ1) is 9.22. The van der Waals surface area contributed by atoms with Crippen LogP contribution < -0.4 is 4.74 Å². The summed E-state index contributed by atoms with van der Waals surface area (Å²) < 4.78 is 10.9. The summed E-state index contributed by atoms with van der Waals surface area (Å²) >= 11 is 6.15. The number of aliphatic hydroxyl groups is 1. The number of piperidine rings is 1. The number of hydrogen-bond donors (Lipinski definition) is 1. The molecule has 0 aliphatic carbocycles. The fraction of sp³-hybridized carbons (Fsp3) is 0.571. The second kappa shape index (κ2) is 5.67. The summed E-state index contributed by atoms with van der Waals surface area (Å²) in [6.45, 7) is 3.51. The van der Waals surface area contributed by atoms with Crippen molar-refractivity contribution < 1.29 is 14.6 Å². The average Bonchev–Trinajstić information content (AvgIpc) is 2.41. The van der Waals surface area contributed by atoms with E-state index in [2.05, 4.69) is 4.90 Å². The Morgan fingerprint density at radius 3 is 2.89 bits per heavy atom. The highest BCUT2D eigenvalue weighted by Gasteiger charge is 2.21. The summed E-state index contributed by atoms with van der Waals surface area (Å²) in [5.74, 6) is 0.918. The van der Waals surface area contributed by atoms with Crippen molar-refractivity contribution in [2.45, 2.75) is 32.1 Å². The zero-order valence-corrected chi connectivity index (χ0v) is 11.5. The predicted octanol–water partition coefficient (Wildman–Crippen LogP) is 2.16. The number of aliphatic hydroxyl groups excluding tert-OH is 1. The molecule has 0 saturated carbocycles. The molecule has 1 N–H and O–H groups in total. The number of fused-ring (bicyclic) bond motifs is 1. The van der Waals surface area contributed by atoms with Gasteiger partial charge in [-0.1, -0.05) is 11.6 Å². The van der Waals surface area contributed by atoms with E-state index in [0.717, 1.165) is 54.4 Å². The highest BCUT2D eigenvalue weighted by Crippen LogP contribution is 2.32. The molecule has 1 saturated heterocycles. The Balaban J connectivity index is 1.78. The van der Waals surface area contributed by atoms with E-state index in [1.54, 1.807) is 0 Å². The third-order valence-electron chi connectivity index (χ3n) is 3.70. The second-order valence-corrected chi connectivity index (χ2v) is 5.61. The van der Waals surface area contributed by atoms with Gasteiger partial charge >= 0.3 is 0 Å². The molecule has 19 heavy (non-hydrogen) atoms. The van der Waals surface area contributed by atoms with Gasteiger partial charge in [-0.05, 0) is 25.0 Å². The lowest BCUT2D eigenvalue weighted by molar-refractivity contribution is -0.0177. The molecule has 1 fully saturated rings. The van der Waals surface area contributed by atoms with Crippen molar-refractivity contribution in [3.63, 3.8) is 0 Å². The quantitative estimate of drug-likeness (QED) is 0.903. The van der Waals surface area contributed by atoms with Crippen LogP contribution in [0.2, 0.25) is 5.02 Å². The average molecular weight is 284 g/mol. The molecular formula is C14H18ClNO3. The van der Waals surface area contributed by atoms with E-state index in [1.807, 2.05) is 12.1 Å². The highest BCUT2D eigenvalue weighted by atomic mass is 35.5. The Hall–Kier alpha value is -0.810. The van der Waals surface area contributed by atoms with E-state index in [9.17, 15) is 5.11 Å². The molecule has 3 rings (SSSR count). The summed E-state index contributed by atoms with van der Waals surface area (Å²) in [4.78, 5) is 2.33. The van der Waals surface area contributed by atoms with Gasteiger partial charge in [-0.25, -0.2) is 0 Å². The van der Waals surface area contributed by atoms with Gasteiger partial charge < -0.3 is 14.6 Å². The number of halogens is 1. The van der Waals surface area contributed by atoms with Crippen LogP contribution in [-0.2, 0) is 17.9 Å². The van der Waals surface area contributed by atoms with Gasteiger partial charge in [0.05, 0.1) is 12.7 Å². The van der Waals surface area contributed by atoms with Gasteiger partial charge in [0.2, 0.25) is 0 Å². The predicted molar refractivity (Wildman–Crippen MR) is 72.3 cm³/mol. The number of likely N-dealkylation sites (tertiary alicyclic amines) is 1.